The summed E-state index contributed by atoms with van der Waals surface area (Å²) in [4.78, 5) is 10.3. The highest BCUT2D eigenvalue weighted by Crippen LogP contribution is 2.12. The number of allylic oxidation sites excluding steroid dienone is 1. The van der Waals surface area contributed by atoms with E-state index in [2.05, 4.69) is 16.3 Å². The molecule has 4 heteroatoms. The van der Waals surface area contributed by atoms with Crippen molar-refractivity contribution in [2.75, 3.05) is 0 Å². The number of carbonyl (C=O) groups excluding carboxylic acids is 1. The van der Waals surface area contributed by atoms with Crippen LogP contribution in [-0.2, 0) is 0 Å². The van der Waals surface area contributed by atoms with Gasteiger partial charge < -0.3 is 5.73 Å². The van der Waals surface area contributed by atoms with Crippen molar-refractivity contribution in [3.8, 4) is 0 Å². The number of primary amides is 1. The Labute approximate surface area is 78.2 Å². The first-order chi connectivity index (χ1) is 5.98. The molecule has 3 N–H and O–H groups in total. The summed E-state index contributed by atoms with van der Waals surface area (Å²) in [6.45, 7) is 5.76. The summed E-state index contributed by atoms with van der Waals surface area (Å²) in [5.74, 6) is 0. The zero-order chi connectivity index (χ0) is 10.3. The lowest BCUT2D eigenvalue weighted by Gasteiger charge is -2.10. The van der Waals surface area contributed by atoms with Gasteiger partial charge in [-0.1, -0.05) is 13.8 Å². The van der Waals surface area contributed by atoms with Crippen molar-refractivity contribution in [1.82, 2.24) is 5.43 Å². The molecule has 0 aliphatic heterocycles. The molecule has 0 aromatic heterocycles. The average Bonchev–Trinajstić information content (AvgIpc) is 2.00. The molecule has 0 saturated carbocycles. The summed E-state index contributed by atoms with van der Waals surface area (Å²) in [7, 11) is 0. The third-order valence-corrected chi connectivity index (χ3v) is 1.19. The summed E-state index contributed by atoms with van der Waals surface area (Å²) >= 11 is 0. The van der Waals surface area contributed by atoms with E-state index in [4.69, 9.17) is 5.73 Å². The molecule has 0 radical (unpaired) electrons. The van der Waals surface area contributed by atoms with Crippen molar-refractivity contribution in [2.45, 2.75) is 20.8 Å². The van der Waals surface area contributed by atoms with Crippen molar-refractivity contribution in [3.05, 3.63) is 17.9 Å². The number of amides is 2. The van der Waals surface area contributed by atoms with Crippen molar-refractivity contribution in [1.29, 1.82) is 0 Å². The summed E-state index contributed by atoms with van der Waals surface area (Å²) in [5.41, 5.74) is 9.65. The Balaban J connectivity index is 4.24. The highest BCUT2D eigenvalue weighted by atomic mass is 16.2. The molecule has 0 aromatic rings. The largest absolute Gasteiger partial charge is 0.350 e. The molecule has 0 bridgehead atoms. The maximum atomic E-state index is 10.3. The third kappa shape index (κ3) is 6.84. The van der Waals surface area contributed by atoms with Gasteiger partial charge in [0, 0.05) is 11.6 Å². The fourth-order valence-electron chi connectivity index (χ4n) is 0.598. The molecule has 72 valence electrons. The maximum absolute atomic E-state index is 10.3. The van der Waals surface area contributed by atoms with Crippen LogP contribution in [0.2, 0.25) is 0 Å². The first-order valence-electron chi connectivity index (χ1n) is 3.96. The van der Waals surface area contributed by atoms with Gasteiger partial charge in [0.1, 0.15) is 0 Å². The molecular weight excluding hydrogens is 166 g/mol. The molecule has 0 aromatic carbocycles. The van der Waals surface area contributed by atoms with Gasteiger partial charge in [0.05, 0.1) is 0 Å². The second kappa shape index (κ2) is 5.17. The van der Waals surface area contributed by atoms with Crippen LogP contribution in [0.25, 0.3) is 0 Å². The van der Waals surface area contributed by atoms with Crippen LogP contribution in [0.3, 0.4) is 0 Å². The van der Waals surface area contributed by atoms with E-state index in [1.807, 2.05) is 26.8 Å². The Hall–Kier alpha value is -1.54. The van der Waals surface area contributed by atoms with Crippen LogP contribution in [0.1, 0.15) is 20.8 Å². The predicted octanol–water partition coefficient (Wildman–Crippen LogP) is 1.40. The summed E-state index contributed by atoms with van der Waals surface area (Å²) in [6, 6.07) is -0.665. The number of hydrazone groups is 1. The number of rotatable bonds is 3. The molecule has 4 nitrogen and oxygen atoms in total. The van der Waals surface area contributed by atoms with Crippen LogP contribution in [-0.4, -0.2) is 12.2 Å². The number of hydrogen-bond donors (Lipinski definition) is 2. The van der Waals surface area contributed by atoms with Crippen LogP contribution < -0.4 is 11.2 Å². The smallest absolute Gasteiger partial charge is 0.332 e. The van der Waals surface area contributed by atoms with Crippen molar-refractivity contribution in [2.24, 2.45) is 16.3 Å². The van der Waals surface area contributed by atoms with Crippen molar-refractivity contribution < 1.29 is 4.79 Å². The van der Waals surface area contributed by atoms with Gasteiger partial charge in [0.2, 0.25) is 0 Å². The van der Waals surface area contributed by atoms with Crippen LogP contribution in [0.4, 0.5) is 4.79 Å². The maximum Gasteiger partial charge on any atom is 0.332 e. The highest BCUT2D eigenvalue weighted by Gasteiger charge is 2.09. The Morgan fingerprint density at radius 3 is 2.69 bits per heavy atom. The summed E-state index contributed by atoms with van der Waals surface area (Å²) < 4.78 is 0. The van der Waals surface area contributed by atoms with E-state index >= 15 is 0 Å². The average molecular weight is 181 g/mol. The lowest BCUT2D eigenvalue weighted by Crippen LogP contribution is -2.25. The molecule has 0 aliphatic carbocycles. The minimum atomic E-state index is -0.665. The summed E-state index contributed by atoms with van der Waals surface area (Å²) in [6.07, 6.45) is 5.24. The first-order valence-corrected chi connectivity index (χ1v) is 3.96. The molecule has 0 saturated heterocycles. The normalized spacial score (nSPS) is 10.7. The minimum absolute atomic E-state index is 0.241. The number of hydrogen-bond acceptors (Lipinski definition) is 2. The third-order valence-electron chi connectivity index (χ3n) is 1.19. The van der Waals surface area contributed by atoms with Gasteiger partial charge in [0.15, 0.2) is 0 Å². The van der Waals surface area contributed by atoms with Crippen LogP contribution in [0, 0.1) is 5.41 Å². The zero-order valence-electron chi connectivity index (χ0n) is 8.16. The molecule has 13 heavy (non-hydrogen) atoms. The molecule has 0 spiro atoms. The number of carbonyl (C=O) groups is 1. The molecule has 0 unspecified atom stereocenters. The standard InChI is InChI=1S/C9H15N3O/c1-4-5-6-9(2,3)7-11-12-8(10)13/h4,6-7H,1-3H3,(H3,10,12,13)/b11-7+. The van der Waals surface area contributed by atoms with Gasteiger partial charge in [-0.25, -0.2) is 10.2 Å². The topological polar surface area (TPSA) is 67.5 Å². The van der Waals surface area contributed by atoms with Gasteiger partial charge in [-0.2, -0.15) is 5.10 Å². The SMILES string of the molecule is CC=C=CC(C)(C)/C=N/NC(N)=O. The van der Waals surface area contributed by atoms with Crippen molar-refractivity contribution in [3.63, 3.8) is 0 Å². The number of nitrogens with two attached hydrogens (primary N) is 1. The Morgan fingerprint density at radius 2 is 2.23 bits per heavy atom. The highest BCUT2D eigenvalue weighted by molar-refractivity contribution is 5.74. The Bertz CT molecular complexity index is 260. The molecule has 0 aliphatic rings. The van der Waals surface area contributed by atoms with E-state index in [-0.39, 0.29) is 5.41 Å². The monoisotopic (exact) mass is 181 g/mol. The van der Waals surface area contributed by atoms with Gasteiger partial charge >= 0.3 is 6.03 Å². The second-order valence-corrected chi connectivity index (χ2v) is 3.16. The molecule has 0 heterocycles. The van der Waals surface area contributed by atoms with E-state index in [9.17, 15) is 4.79 Å². The number of nitrogens with one attached hydrogen (secondary N) is 1. The van der Waals surface area contributed by atoms with Gasteiger partial charge in [0.25, 0.3) is 0 Å². The number of nitrogens with zero attached hydrogens (tertiary/aromatic N) is 1. The lowest BCUT2D eigenvalue weighted by atomic mass is 9.96. The molecule has 0 atom stereocenters. The fraction of sp³-hybridized carbons (Fsp3) is 0.444. The Morgan fingerprint density at radius 1 is 1.62 bits per heavy atom. The van der Waals surface area contributed by atoms with E-state index in [1.54, 1.807) is 12.3 Å². The van der Waals surface area contributed by atoms with Crippen LogP contribution >= 0.6 is 0 Å². The van der Waals surface area contributed by atoms with Crippen molar-refractivity contribution >= 4 is 12.2 Å². The van der Waals surface area contributed by atoms with E-state index in [0.29, 0.717) is 0 Å². The van der Waals surface area contributed by atoms with Gasteiger partial charge in [-0.3, -0.25) is 0 Å². The van der Waals surface area contributed by atoms with Gasteiger partial charge in [-0.15, -0.1) is 5.73 Å². The second-order valence-electron chi connectivity index (χ2n) is 3.16. The zero-order valence-corrected chi connectivity index (χ0v) is 8.16. The molecule has 0 fully saturated rings. The summed E-state index contributed by atoms with van der Waals surface area (Å²) in [5, 5.41) is 3.66. The molecular formula is C9H15N3O. The van der Waals surface area contributed by atoms with Gasteiger partial charge in [-0.05, 0) is 19.1 Å². The fourth-order valence-corrected chi connectivity index (χ4v) is 0.598. The van der Waals surface area contributed by atoms with Crippen LogP contribution in [0.5, 0.6) is 0 Å². The Kier molecular flexibility index (Phi) is 4.55. The minimum Gasteiger partial charge on any atom is -0.350 e. The number of urea groups is 1. The van der Waals surface area contributed by atoms with E-state index in [0.717, 1.165) is 0 Å². The molecule has 0 rings (SSSR count). The van der Waals surface area contributed by atoms with E-state index in [1.165, 1.54) is 0 Å². The lowest BCUT2D eigenvalue weighted by molar-refractivity contribution is 0.249. The molecule has 2 amide bonds. The quantitative estimate of drug-likeness (QED) is 0.385. The predicted molar refractivity (Wildman–Crippen MR) is 53.3 cm³/mol. The van der Waals surface area contributed by atoms with Crippen LogP contribution in [0.15, 0.2) is 23.0 Å². The first kappa shape index (κ1) is 11.5. The van der Waals surface area contributed by atoms with E-state index < -0.39 is 6.03 Å².